The Balaban J connectivity index is 1.66. The molecule has 0 unspecified atom stereocenters. The SMILES string of the molecule is CC[S@@](=O)c1ccccc1C(=O)O[C@H](C)C(=O)Nc1ccc2c(c1)CCC2. The second-order valence-electron chi connectivity index (χ2n) is 6.50. The van der Waals surface area contributed by atoms with E-state index in [1.807, 2.05) is 18.2 Å². The molecule has 1 amide bonds. The third-order valence-electron chi connectivity index (χ3n) is 4.63. The summed E-state index contributed by atoms with van der Waals surface area (Å²) in [5, 5.41) is 2.80. The number of rotatable bonds is 6. The predicted molar refractivity (Wildman–Crippen MR) is 105 cm³/mol. The van der Waals surface area contributed by atoms with Crippen molar-refractivity contribution in [2.45, 2.75) is 44.1 Å². The van der Waals surface area contributed by atoms with Crippen molar-refractivity contribution in [3.8, 4) is 0 Å². The van der Waals surface area contributed by atoms with Gasteiger partial charge in [-0.15, -0.1) is 0 Å². The average Bonchev–Trinajstić information content (AvgIpc) is 3.15. The van der Waals surface area contributed by atoms with Crippen molar-refractivity contribution < 1.29 is 18.5 Å². The van der Waals surface area contributed by atoms with Crippen LogP contribution in [0.4, 0.5) is 5.69 Å². The summed E-state index contributed by atoms with van der Waals surface area (Å²) in [6, 6.07) is 12.5. The van der Waals surface area contributed by atoms with E-state index >= 15 is 0 Å². The number of hydrogen-bond donors (Lipinski definition) is 1. The highest BCUT2D eigenvalue weighted by Gasteiger charge is 2.22. The Morgan fingerprint density at radius 3 is 2.67 bits per heavy atom. The molecule has 0 aromatic heterocycles. The van der Waals surface area contributed by atoms with E-state index in [1.54, 1.807) is 31.2 Å². The Bertz CT molecular complexity index is 894. The lowest BCUT2D eigenvalue weighted by atomic mass is 10.1. The minimum Gasteiger partial charge on any atom is -0.449 e. The van der Waals surface area contributed by atoms with Crippen LogP contribution >= 0.6 is 0 Å². The van der Waals surface area contributed by atoms with Gasteiger partial charge in [0.1, 0.15) is 0 Å². The number of fused-ring (bicyclic) bond motifs is 1. The van der Waals surface area contributed by atoms with Gasteiger partial charge in [0.2, 0.25) is 0 Å². The quantitative estimate of drug-likeness (QED) is 0.773. The van der Waals surface area contributed by atoms with Crippen molar-refractivity contribution in [2.24, 2.45) is 0 Å². The molecule has 2 aromatic rings. The van der Waals surface area contributed by atoms with Crippen molar-refractivity contribution in [3.63, 3.8) is 0 Å². The Kier molecular flexibility index (Phi) is 6.06. The Labute approximate surface area is 161 Å². The van der Waals surface area contributed by atoms with Crippen LogP contribution in [0.1, 0.15) is 41.8 Å². The van der Waals surface area contributed by atoms with Gasteiger partial charge in [0.25, 0.3) is 5.91 Å². The third kappa shape index (κ3) is 4.45. The molecule has 3 rings (SSSR count). The van der Waals surface area contributed by atoms with Crippen LogP contribution in [0.15, 0.2) is 47.4 Å². The van der Waals surface area contributed by atoms with Gasteiger partial charge in [-0.25, -0.2) is 4.79 Å². The first-order valence-electron chi connectivity index (χ1n) is 9.10. The van der Waals surface area contributed by atoms with Crippen LogP contribution in [0, 0.1) is 0 Å². The number of ether oxygens (including phenoxy) is 1. The van der Waals surface area contributed by atoms with Crippen molar-refractivity contribution in [1.29, 1.82) is 0 Å². The standard InChI is InChI=1S/C21H23NO4S/c1-3-27(25)19-10-5-4-9-18(19)21(24)26-14(2)20(23)22-17-12-11-15-7-6-8-16(15)13-17/h4-5,9-14H,3,6-8H2,1-2H3,(H,22,23)/t14-,27-/m1/s1. The van der Waals surface area contributed by atoms with Crippen LogP contribution < -0.4 is 5.32 Å². The first kappa shape index (κ1) is 19.3. The smallest absolute Gasteiger partial charge is 0.340 e. The first-order chi connectivity index (χ1) is 13.0. The van der Waals surface area contributed by atoms with Gasteiger partial charge in [0.15, 0.2) is 6.10 Å². The van der Waals surface area contributed by atoms with Gasteiger partial charge < -0.3 is 10.1 Å². The molecule has 0 radical (unpaired) electrons. The highest BCUT2D eigenvalue weighted by atomic mass is 32.2. The summed E-state index contributed by atoms with van der Waals surface area (Å²) in [7, 11) is -1.28. The van der Waals surface area contributed by atoms with Gasteiger partial charge >= 0.3 is 5.97 Å². The van der Waals surface area contributed by atoms with Gasteiger partial charge in [0.05, 0.1) is 21.3 Å². The molecule has 27 heavy (non-hydrogen) atoms. The summed E-state index contributed by atoms with van der Waals surface area (Å²) in [6.07, 6.45) is 2.28. The monoisotopic (exact) mass is 385 g/mol. The maximum Gasteiger partial charge on any atom is 0.340 e. The minimum absolute atomic E-state index is 0.231. The molecule has 1 aliphatic rings. The maximum absolute atomic E-state index is 12.5. The summed E-state index contributed by atoms with van der Waals surface area (Å²) >= 11 is 0. The second kappa shape index (κ2) is 8.48. The largest absolute Gasteiger partial charge is 0.449 e. The zero-order valence-corrected chi connectivity index (χ0v) is 16.3. The lowest BCUT2D eigenvalue weighted by Crippen LogP contribution is -2.30. The van der Waals surface area contributed by atoms with Gasteiger partial charge in [-0.2, -0.15) is 0 Å². The number of nitrogens with one attached hydrogen (secondary N) is 1. The molecular weight excluding hydrogens is 362 g/mol. The normalized spacial score (nSPS) is 14.9. The molecule has 6 heteroatoms. The highest BCUT2D eigenvalue weighted by Crippen LogP contribution is 2.25. The van der Waals surface area contributed by atoms with Gasteiger partial charge in [-0.1, -0.05) is 25.1 Å². The van der Waals surface area contributed by atoms with Crippen LogP contribution in [0.2, 0.25) is 0 Å². The molecule has 0 aliphatic heterocycles. The molecule has 0 bridgehead atoms. The molecule has 142 valence electrons. The van der Waals surface area contributed by atoms with Gasteiger partial charge in [0, 0.05) is 11.4 Å². The maximum atomic E-state index is 12.5. The van der Waals surface area contributed by atoms with Crippen LogP contribution in [0.25, 0.3) is 0 Å². The number of esters is 1. The minimum atomic E-state index is -1.28. The number of hydrogen-bond acceptors (Lipinski definition) is 4. The predicted octanol–water partition coefficient (Wildman–Crippen LogP) is 3.49. The lowest BCUT2D eigenvalue weighted by molar-refractivity contribution is -0.123. The first-order valence-corrected chi connectivity index (χ1v) is 10.4. The number of anilines is 1. The Morgan fingerprint density at radius 2 is 1.89 bits per heavy atom. The summed E-state index contributed by atoms with van der Waals surface area (Å²) in [5.41, 5.74) is 3.52. The Hall–Kier alpha value is -2.47. The van der Waals surface area contributed by atoms with E-state index in [4.69, 9.17) is 4.74 Å². The van der Waals surface area contributed by atoms with Crippen molar-refractivity contribution in [2.75, 3.05) is 11.1 Å². The fourth-order valence-electron chi connectivity index (χ4n) is 3.16. The Morgan fingerprint density at radius 1 is 1.15 bits per heavy atom. The number of carbonyl (C=O) groups excluding carboxylic acids is 2. The average molecular weight is 385 g/mol. The van der Waals surface area contributed by atoms with E-state index in [2.05, 4.69) is 5.32 Å². The van der Waals surface area contributed by atoms with Crippen molar-refractivity contribution in [3.05, 3.63) is 59.2 Å². The molecule has 0 heterocycles. The zero-order valence-electron chi connectivity index (χ0n) is 15.5. The zero-order chi connectivity index (χ0) is 19.4. The molecule has 0 saturated carbocycles. The number of amides is 1. The van der Waals surface area contributed by atoms with Crippen LogP contribution in [-0.4, -0.2) is 27.9 Å². The molecule has 0 spiro atoms. The third-order valence-corrected chi connectivity index (χ3v) is 6.00. The van der Waals surface area contributed by atoms with E-state index in [0.717, 1.165) is 19.3 Å². The summed E-state index contributed by atoms with van der Waals surface area (Å²) in [4.78, 5) is 25.3. The number of benzene rings is 2. The summed E-state index contributed by atoms with van der Waals surface area (Å²) in [5.74, 6) is -0.641. The molecule has 1 N–H and O–H groups in total. The van der Waals surface area contributed by atoms with Gasteiger partial charge in [-0.3, -0.25) is 9.00 Å². The molecule has 1 aliphatic carbocycles. The van der Waals surface area contributed by atoms with Crippen LogP contribution in [0.3, 0.4) is 0 Å². The van der Waals surface area contributed by atoms with Gasteiger partial charge in [-0.05, 0) is 61.6 Å². The lowest BCUT2D eigenvalue weighted by Gasteiger charge is -2.15. The fourth-order valence-corrected chi connectivity index (χ4v) is 4.10. The second-order valence-corrected chi connectivity index (χ2v) is 8.21. The van der Waals surface area contributed by atoms with Crippen molar-refractivity contribution >= 4 is 28.4 Å². The summed E-state index contributed by atoms with van der Waals surface area (Å²) in [6.45, 7) is 3.31. The molecule has 5 nitrogen and oxygen atoms in total. The molecule has 2 atom stereocenters. The molecule has 0 fully saturated rings. The number of aryl methyl sites for hydroxylation is 2. The van der Waals surface area contributed by atoms with Crippen molar-refractivity contribution in [1.82, 2.24) is 0 Å². The fraction of sp³-hybridized carbons (Fsp3) is 0.333. The van der Waals surface area contributed by atoms with E-state index in [9.17, 15) is 13.8 Å². The molecular formula is C21H23NO4S. The van der Waals surface area contributed by atoms with Crippen LogP contribution in [0.5, 0.6) is 0 Å². The topological polar surface area (TPSA) is 72.5 Å². The van der Waals surface area contributed by atoms with Crippen LogP contribution in [-0.2, 0) is 33.2 Å². The van der Waals surface area contributed by atoms with E-state index in [1.165, 1.54) is 18.1 Å². The van der Waals surface area contributed by atoms with E-state index in [-0.39, 0.29) is 5.56 Å². The van der Waals surface area contributed by atoms with E-state index < -0.39 is 28.8 Å². The molecule has 0 saturated heterocycles. The molecule has 2 aromatic carbocycles. The highest BCUT2D eigenvalue weighted by molar-refractivity contribution is 7.85. The van der Waals surface area contributed by atoms with E-state index in [0.29, 0.717) is 16.3 Å². The summed E-state index contributed by atoms with van der Waals surface area (Å²) < 4.78 is 17.4. The number of carbonyl (C=O) groups is 2.